The van der Waals surface area contributed by atoms with Gasteiger partial charge in [0.15, 0.2) is 5.78 Å². The Labute approximate surface area is 204 Å². The van der Waals surface area contributed by atoms with Crippen LogP contribution in [0, 0.1) is 0 Å². The Morgan fingerprint density at radius 1 is 0.971 bits per heavy atom. The van der Waals surface area contributed by atoms with Crippen LogP contribution in [0.2, 0.25) is 0 Å². The number of benzene rings is 2. The minimum atomic E-state index is -1.02. The number of allylic oxidation sites excluding steroid dienone is 2. The molecule has 1 aliphatic carbocycles. The molecule has 2 aromatic carbocycles. The number of aromatic carboxylic acids is 1. The van der Waals surface area contributed by atoms with E-state index >= 15 is 0 Å². The molecule has 174 valence electrons. The molecule has 35 heavy (non-hydrogen) atoms. The van der Waals surface area contributed by atoms with E-state index in [0.29, 0.717) is 41.0 Å². The largest absolute Gasteiger partial charge is 0.478 e. The van der Waals surface area contributed by atoms with Gasteiger partial charge < -0.3 is 10.4 Å². The molecule has 0 saturated heterocycles. The van der Waals surface area contributed by atoms with Crippen LogP contribution in [0.15, 0.2) is 88.2 Å². The molecule has 0 radical (unpaired) electrons. The van der Waals surface area contributed by atoms with Crippen molar-refractivity contribution < 1.29 is 14.7 Å². The monoisotopic (exact) mass is 483 g/mol. The topological polar surface area (TPSA) is 104 Å². The van der Waals surface area contributed by atoms with E-state index in [9.17, 15) is 19.5 Å². The Kier molecular flexibility index (Phi) is 5.04. The van der Waals surface area contributed by atoms with Crippen LogP contribution in [0.1, 0.15) is 51.0 Å². The van der Waals surface area contributed by atoms with Crippen molar-refractivity contribution in [2.24, 2.45) is 0 Å². The molecule has 2 aliphatic rings. The first kappa shape index (κ1) is 21.4. The molecule has 1 aliphatic heterocycles. The summed E-state index contributed by atoms with van der Waals surface area (Å²) >= 11 is 1.64. The molecule has 2 atom stereocenters. The normalized spacial score (nSPS) is 19.1. The quantitative estimate of drug-likeness (QED) is 0.384. The first-order valence-electron chi connectivity index (χ1n) is 11.3. The lowest BCUT2D eigenvalue weighted by Gasteiger charge is -2.34. The highest BCUT2D eigenvalue weighted by molar-refractivity contribution is 7.10. The summed E-state index contributed by atoms with van der Waals surface area (Å²) < 4.78 is 1.48. The molecule has 4 aromatic rings. The van der Waals surface area contributed by atoms with Crippen LogP contribution in [0.4, 0.5) is 5.82 Å². The van der Waals surface area contributed by atoms with Gasteiger partial charge in [-0.2, -0.15) is 0 Å². The molecule has 0 bridgehead atoms. The van der Waals surface area contributed by atoms with Crippen LogP contribution in [-0.2, 0) is 4.79 Å². The Bertz CT molecular complexity index is 1530. The molecule has 3 N–H and O–H groups in total. The molecule has 0 spiro atoms. The summed E-state index contributed by atoms with van der Waals surface area (Å²) in [4.78, 5) is 39.8. The van der Waals surface area contributed by atoms with E-state index in [1.165, 1.54) is 16.8 Å². The molecule has 7 nitrogen and oxygen atoms in total. The lowest BCUT2D eigenvalue weighted by atomic mass is 9.74. The number of fused-ring (bicyclic) bond motifs is 1. The highest BCUT2D eigenvalue weighted by Gasteiger charge is 2.41. The number of anilines is 1. The number of carbonyl (C=O) groups is 2. The summed E-state index contributed by atoms with van der Waals surface area (Å²) in [5.41, 5.74) is 3.16. The van der Waals surface area contributed by atoms with Crippen LogP contribution < -0.4 is 10.9 Å². The van der Waals surface area contributed by atoms with Crippen molar-refractivity contribution in [3.05, 3.63) is 115 Å². The SMILES string of the molecule is O=C1C[C@H](c2cccs2)CC2=C1[C@@H](c1ccc(C(=O)O)cc1)c1c([nH]n(-c3ccccc3)c1=O)N2. The predicted octanol–water partition coefficient (Wildman–Crippen LogP) is 4.88. The summed E-state index contributed by atoms with van der Waals surface area (Å²) in [5, 5.41) is 17.9. The number of thiophene rings is 1. The zero-order valence-electron chi connectivity index (χ0n) is 18.5. The van der Waals surface area contributed by atoms with E-state index in [-0.39, 0.29) is 22.8 Å². The molecule has 0 amide bonds. The van der Waals surface area contributed by atoms with Crippen molar-refractivity contribution in [3.8, 4) is 5.69 Å². The third kappa shape index (κ3) is 3.54. The van der Waals surface area contributed by atoms with E-state index in [1.54, 1.807) is 23.5 Å². The van der Waals surface area contributed by atoms with E-state index in [2.05, 4.69) is 16.5 Å². The van der Waals surface area contributed by atoms with E-state index in [0.717, 1.165) is 10.6 Å². The zero-order valence-corrected chi connectivity index (χ0v) is 19.3. The number of hydrogen-bond acceptors (Lipinski definition) is 5. The van der Waals surface area contributed by atoms with E-state index in [4.69, 9.17) is 0 Å². The molecule has 6 rings (SSSR count). The van der Waals surface area contributed by atoms with Crippen LogP contribution in [0.3, 0.4) is 0 Å². The molecular formula is C27H21N3O4S. The summed E-state index contributed by atoms with van der Waals surface area (Å²) in [7, 11) is 0. The number of para-hydroxylation sites is 1. The molecule has 8 heteroatoms. The summed E-state index contributed by atoms with van der Waals surface area (Å²) in [6, 6.07) is 19.8. The van der Waals surface area contributed by atoms with Gasteiger partial charge in [0.25, 0.3) is 5.56 Å². The van der Waals surface area contributed by atoms with Gasteiger partial charge in [-0.15, -0.1) is 11.3 Å². The highest BCUT2D eigenvalue weighted by Crippen LogP contribution is 2.47. The van der Waals surface area contributed by atoms with Gasteiger partial charge in [0, 0.05) is 34.4 Å². The first-order chi connectivity index (χ1) is 17.0. The number of carbonyl (C=O) groups excluding carboxylic acids is 1. The molecule has 2 aromatic heterocycles. The number of H-pyrrole nitrogens is 1. The maximum Gasteiger partial charge on any atom is 0.335 e. The van der Waals surface area contributed by atoms with Crippen molar-refractivity contribution in [1.82, 2.24) is 9.78 Å². The maximum absolute atomic E-state index is 13.7. The van der Waals surface area contributed by atoms with Crippen molar-refractivity contribution >= 4 is 28.9 Å². The van der Waals surface area contributed by atoms with Crippen LogP contribution in [0.25, 0.3) is 5.69 Å². The predicted molar refractivity (Wildman–Crippen MR) is 134 cm³/mol. The summed E-state index contributed by atoms with van der Waals surface area (Å²) in [6.07, 6.45) is 1.03. The number of Topliss-reactive ketones (excluding diaryl/α,β-unsaturated/α-hetero) is 1. The van der Waals surface area contributed by atoms with E-state index < -0.39 is 11.9 Å². The summed E-state index contributed by atoms with van der Waals surface area (Å²) in [6.45, 7) is 0. The number of nitrogens with one attached hydrogen (secondary N) is 2. The smallest absolute Gasteiger partial charge is 0.335 e. The molecule has 0 fully saturated rings. The third-order valence-electron chi connectivity index (χ3n) is 6.74. The number of nitrogens with zero attached hydrogens (tertiary/aromatic N) is 1. The molecule has 3 heterocycles. The van der Waals surface area contributed by atoms with Gasteiger partial charge in [-0.3, -0.25) is 14.7 Å². The second kappa shape index (κ2) is 8.25. The lowest BCUT2D eigenvalue weighted by molar-refractivity contribution is -0.116. The average Bonchev–Trinajstić information content (AvgIpc) is 3.52. The lowest BCUT2D eigenvalue weighted by Crippen LogP contribution is -2.31. The summed E-state index contributed by atoms with van der Waals surface area (Å²) in [5.74, 6) is -0.975. The molecule has 0 unspecified atom stereocenters. The highest BCUT2D eigenvalue weighted by atomic mass is 32.1. The number of carboxylic acid groups (broad SMARTS) is 1. The van der Waals surface area contributed by atoms with Gasteiger partial charge >= 0.3 is 5.97 Å². The van der Waals surface area contributed by atoms with Crippen molar-refractivity contribution in [2.75, 3.05) is 5.32 Å². The Balaban J connectivity index is 1.52. The van der Waals surface area contributed by atoms with Gasteiger partial charge in [-0.25, -0.2) is 9.48 Å². The van der Waals surface area contributed by atoms with Gasteiger partial charge in [0.2, 0.25) is 0 Å². The molecular weight excluding hydrogens is 462 g/mol. The van der Waals surface area contributed by atoms with Crippen molar-refractivity contribution in [3.63, 3.8) is 0 Å². The zero-order chi connectivity index (χ0) is 24.1. The second-order valence-electron chi connectivity index (χ2n) is 8.80. The first-order valence-corrected chi connectivity index (χ1v) is 12.2. The fourth-order valence-electron chi connectivity index (χ4n) is 5.13. The fraction of sp³-hybridized carbons (Fsp3) is 0.148. The van der Waals surface area contributed by atoms with E-state index in [1.807, 2.05) is 41.8 Å². The number of hydrogen-bond donors (Lipinski definition) is 3. The van der Waals surface area contributed by atoms with Crippen LogP contribution in [-0.4, -0.2) is 26.6 Å². The van der Waals surface area contributed by atoms with Gasteiger partial charge in [-0.1, -0.05) is 36.4 Å². The Morgan fingerprint density at radius 2 is 1.74 bits per heavy atom. The number of carboxylic acids is 1. The third-order valence-corrected chi connectivity index (χ3v) is 7.77. The van der Waals surface area contributed by atoms with Gasteiger partial charge in [0.05, 0.1) is 16.8 Å². The number of aromatic amines is 1. The van der Waals surface area contributed by atoms with Crippen LogP contribution >= 0.6 is 11.3 Å². The molecule has 0 saturated carbocycles. The van der Waals surface area contributed by atoms with Crippen molar-refractivity contribution in [2.45, 2.75) is 24.7 Å². The Hall–Kier alpha value is -4.17. The van der Waals surface area contributed by atoms with Gasteiger partial charge in [0.1, 0.15) is 5.82 Å². The van der Waals surface area contributed by atoms with Gasteiger partial charge in [-0.05, 0) is 47.7 Å². The minimum Gasteiger partial charge on any atom is -0.478 e. The Morgan fingerprint density at radius 3 is 2.43 bits per heavy atom. The number of rotatable bonds is 4. The number of aromatic nitrogens is 2. The average molecular weight is 484 g/mol. The standard InChI is InChI=1S/C27H21N3O4S/c31-20-14-17(21-7-4-12-35-21)13-19-23(20)22(15-8-10-16(11-9-15)27(33)34)24-25(28-19)29-30(26(24)32)18-5-2-1-3-6-18/h1-12,17,22,28-29H,13-14H2,(H,33,34)/t17-,22-/m1/s1. The van der Waals surface area contributed by atoms with Crippen LogP contribution in [0.5, 0.6) is 0 Å². The fourth-order valence-corrected chi connectivity index (χ4v) is 5.96. The van der Waals surface area contributed by atoms with Crippen molar-refractivity contribution in [1.29, 1.82) is 0 Å². The maximum atomic E-state index is 13.7. The minimum absolute atomic E-state index is 0.00183. The second-order valence-corrected chi connectivity index (χ2v) is 9.78. The number of ketones is 1.